The van der Waals surface area contributed by atoms with Crippen LogP contribution in [0.25, 0.3) is 10.7 Å². The highest BCUT2D eigenvalue weighted by Gasteiger charge is 2.07. The van der Waals surface area contributed by atoms with E-state index in [1.54, 1.807) is 6.20 Å². The molecule has 0 radical (unpaired) electrons. The van der Waals surface area contributed by atoms with Gasteiger partial charge in [0.25, 0.3) is 0 Å². The first-order valence-electron chi connectivity index (χ1n) is 3.60. The summed E-state index contributed by atoms with van der Waals surface area (Å²) >= 11 is 15.2. The molecule has 0 fully saturated rings. The average Bonchev–Trinajstić information content (AvgIpc) is 2.57. The summed E-state index contributed by atoms with van der Waals surface area (Å²) in [5, 5.41) is 0.472. The van der Waals surface area contributed by atoms with Crippen LogP contribution in [0.2, 0.25) is 9.49 Å². The molecule has 72 valence electrons. The molecule has 0 amide bonds. The van der Waals surface area contributed by atoms with Crippen LogP contribution in [0.15, 0.2) is 18.3 Å². The zero-order valence-corrected chi connectivity index (χ0v) is 11.2. The van der Waals surface area contributed by atoms with Gasteiger partial charge in [-0.05, 0) is 34.7 Å². The fourth-order valence-electron chi connectivity index (χ4n) is 0.900. The second-order valence-corrected chi connectivity index (χ2v) is 5.67. The zero-order valence-electron chi connectivity index (χ0n) is 6.67. The smallest absolute Gasteiger partial charge is 0.171 e. The van der Waals surface area contributed by atoms with Crippen molar-refractivity contribution in [1.29, 1.82) is 0 Å². The number of halogens is 3. The molecule has 0 aliphatic rings. The molecule has 2 heterocycles. The van der Waals surface area contributed by atoms with Gasteiger partial charge < -0.3 is 0 Å². The van der Waals surface area contributed by atoms with Crippen molar-refractivity contribution in [2.75, 3.05) is 0 Å². The molecule has 14 heavy (non-hydrogen) atoms. The molecule has 0 N–H and O–H groups in total. The van der Waals surface area contributed by atoms with Crippen LogP contribution in [0.1, 0.15) is 0 Å². The fourth-order valence-corrected chi connectivity index (χ4v) is 2.27. The van der Waals surface area contributed by atoms with Crippen molar-refractivity contribution < 1.29 is 0 Å². The van der Waals surface area contributed by atoms with E-state index in [1.165, 1.54) is 11.3 Å². The van der Waals surface area contributed by atoms with E-state index in [0.717, 1.165) is 12.8 Å². The normalized spacial score (nSPS) is 10.5. The second-order valence-electron chi connectivity index (χ2n) is 2.44. The third-order valence-electron chi connectivity index (χ3n) is 1.49. The van der Waals surface area contributed by atoms with Gasteiger partial charge in [0, 0.05) is 6.20 Å². The Kier molecular flexibility index (Phi) is 3.26. The Labute approximate surface area is 108 Å². The Bertz CT molecular complexity index is 472. The highest BCUT2D eigenvalue weighted by atomic mass is 127. The lowest BCUT2D eigenvalue weighted by molar-refractivity contribution is 1.17. The molecule has 0 aliphatic heterocycles. The number of hydrogen-bond donors (Lipinski definition) is 0. The molecule has 2 aromatic rings. The molecule has 0 aliphatic carbocycles. The molecule has 2 rings (SSSR count). The number of nitrogens with zero attached hydrogens (tertiary/aromatic N) is 2. The van der Waals surface area contributed by atoms with Gasteiger partial charge in [-0.3, -0.25) is 0 Å². The van der Waals surface area contributed by atoms with E-state index in [4.69, 9.17) is 23.2 Å². The number of thiophene rings is 1. The summed E-state index contributed by atoms with van der Waals surface area (Å²) in [6, 6.07) is 3.70. The van der Waals surface area contributed by atoms with Crippen LogP contribution >= 0.6 is 57.1 Å². The lowest BCUT2D eigenvalue weighted by Crippen LogP contribution is -1.88. The van der Waals surface area contributed by atoms with Gasteiger partial charge in [0.05, 0.1) is 12.8 Å². The second kappa shape index (κ2) is 4.30. The Balaban J connectivity index is 2.47. The van der Waals surface area contributed by atoms with E-state index in [0.29, 0.717) is 11.0 Å². The molecule has 0 spiro atoms. The van der Waals surface area contributed by atoms with Crippen molar-refractivity contribution in [2.45, 2.75) is 0 Å². The first-order chi connectivity index (χ1) is 6.66. The summed E-state index contributed by atoms with van der Waals surface area (Å²) in [5.41, 5.74) is 0. The Morgan fingerprint density at radius 1 is 1.29 bits per heavy atom. The number of aromatic nitrogens is 2. The minimum Gasteiger partial charge on any atom is -0.235 e. The third kappa shape index (κ3) is 2.18. The monoisotopic (exact) mass is 356 g/mol. The van der Waals surface area contributed by atoms with E-state index >= 15 is 0 Å². The van der Waals surface area contributed by atoms with Crippen molar-refractivity contribution in [3.8, 4) is 10.7 Å². The summed E-state index contributed by atoms with van der Waals surface area (Å²) in [5.74, 6) is 0.618. The highest BCUT2D eigenvalue weighted by Crippen LogP contribution is 2.29. The van der Waals surface area contributed by atoms with Gasteiger partial charge in [-0.25, -0.2) is 9.97 Å². The van der Waals surface area contributed by atoms with Gasteiger partial charge in [-0.1, -0.05) is 23.2 Å². The highest BCUT2D eigenvalue weighted by molar-refractivity contribution is 14.1. The molecular weight excluding hydrogens is 354 g/mol. The minimum absolute atomic E-state index is 0.472. The summed E-state index contributed by atoms with van der Waals surface area (Å²) in [6.07, 6.45) is 1.69. The summed E-state index contributed by atoms with van der Waals surface area (Å²) < 4.78 is 1.56. The minimum atomic E-state index is 0.472. The standard InChI is InChI=1S/C8H3Cl2IN2S/c9-6-2-1-5(14-6)8-12-3-4(11)7(10)13-8/h1-3H. The molecule has 0 saturated heterocycles. The van der Waals surface area contributed by atoms with Gasteiger partial charge >= 0.3 is 0 Å². The van der Waals surface area contributed by atoms with Gasteiger partial charge in [0.15, 0.2) is 5.82 Å². The van der Waals surface area contributed by atoms with Gasteiger partial charge in [-0.15, -0.1) is 11.3 Å². The summed E-state index contributed by atoms with van der Waals surface area (Å²) in [7, 11) is 0. The van der Waals surface area contributed by atoms with E-state index in [1.807, 2.05) is 12.1 Å². The number of rotatable bonds is 1. The van der Waals surface area contributed by atoms with Crippen LogP contribution in [0.5, 0.6) is 0 Å². The maximum Gasteiger partial charge on any atom is 0.171 e. The maximum absolute atomic E-state index is 5.88. The molecule has 0 atom stereocenters. The van der Waals surface area contributed by atoms with Crippen molar-refractivity contribution in [3.63, 3.8) is 0 Å². The maximum atomic E-state index is 5.88. The molecule has 0 aromatic carbocycles. The Morgan fingerprint density at radius 2 is 2.07 bits per heavy atom. The predicted molar refractivity (Wildman–Crippen MR) is 68.1 cm³/mol. The average molecular weight is 357 g/mol. The molecule has 2 aromatic heterocycles. The van der Waals surface area contributed by atoms with Crippen LogP contribution in [0.3, 0.4) is 0 Å². The van der Waals surface area contributed by atoms with Crippen LogP contribution in [0, 0.1) is 3.57 Å². The van der Waals surface area contributed by atoms with Crippen molar-refractivity contribution >= 4 is 57.1 Å². The van der Waals surface area contributed by atoms with Crippen LogP contribution in [-0.4, -0.2) is 9.97 Å². The number of hydrogen-bond acceptors (Lipinski definition) is 3. The lowest BCUT2D eigenvalue weighted by atomic mass is 10.4. The predicted octanol–water partition coefficient (Wildman–Crippen LogP) is 4.12. The van der Waals surface area contributed by atoms with Gasteiger partial charge in [0.2, 0.25) is 0 Å². The SMILES string of the molecule is Clc1ccc(-c2ncc(I)c(Cl)n2)s1. The molecule has 0 saturated carbocycles. The van der Waals surface area contributed by atoms with Crippen molar-refractivity contribution in [2.24, 2.45) is 0 Å². The van der Waals surface area contributed by atoms with Crippen molar-refractivity contribution in [3.05, 3.63) is 31.4 Å². The first-order valence-corrected chi connectivity index (χ1v) is 6.25. The summed E-state index contributed by atoms with van der Waals surface area (Å²) in [6.45, 7) is 0. The fraction of sp³-hybridized carbons (Fsp3) is 0. The molecule has 2 nitrogen and oxygen atoms in total. The van der Waals surface area contributed by atoms with E-state index in [-0.39, 0.29) is 0 Å². The van der Waals surface area contributed by atoms with Crippen molar-refractivity contribution in [1.82, 2.24) is 9.97 Å². The Hall–Kier alpha value is 0.0900. The third-order valence-corrected chi connectivity index (χ3v) is 4.12. The largest absolute Gasteiger partial charge is 0.235 e. The van der Waals surface area contributed by atoms with Crippen LogP contribution in [-0.2, 0) is 0 Å². The van der Waals surface area contributed by atoms with Gasteiger partial charge in [-0.2, -0.15) is 0 Å². The zero-order chi connectivity index (χ0) is 10.1. The van der Waals surface area contributed by atoms with Crippen LogP contribution in [0.4, 0.5) is 0 Å². The summed E-state index contributed by atoms with van der Waals surface area (Å²) in [4.78, 5) is 9.25. The molecule has 0 unspecified atom stereocenters. The Morgan fingerprint density at radius 3 is 2.64 bits per heavy atom. The molecular formula is C8H3Cl2IN2S. The van der Waals surface area contributed by atoms with Gasteiger partial charge in [0.1, 0.15) is 5.15 Å². The topological polar surface area (TPSA) is 25.8 Å². The van der Waals surface area contributed by atoms with E-state index < -0.39 is 0 Å². The van der Waals surface area contributed by atoms with E-state index in [2.05, 4.69) is 32.6 Å². The quantitative estimate of drug-likeness (QED) is 0.567. The molecule has 6 heteroatoms. The lowest BCUT2D eigenvalue weighted by Gasteiger charge is -1.97. The first kappa shape index (κ1) is 10.6. The van der Waals surface area contributed by atoms with E-state index in [9.17, 15) is 0 Å². The molecule has 0 bridgehead atoms. The van der Waals surface area contributed by atoms with Crippen LogP contribution < -0.4 is 0 Å².